The van der Waals surface area contributed by atoms with E-state index in [9.17, 15) is 0 Å². The van der Waals surface area contributed by atoms with Crippen molar-refractivity contribution in [1.29, 1.82) is 0 Å². The Morgan fingerprint density at radius 3 is 2.42 bits per heavy atom. The second kappa shape index (κ2) is 7.11. The molecule has 24 heavy (non-hydrogen) atoms. The summed E-state index contributed by atoms with van der Waals surface area (Å²) in [6, 6.07) is 16.4. The van der Waals surface area contributed by atoms with Gasteiger partial charge in [0.05, 0.1) is 18.3 Å². The number of benzene rings is 2. The van der Waals surface area contributed by atoms with Crippen molar-refractivity contribution in [1.82, 2.24) is 15.1 Å². The molecule has 126 valence electrons. The van der Waals surface area contributed by atoms with Gasteiger partial charge < -0.3 is 15.0 Å². The molecule has 4 rings (SSSR count). The van der Waals surface area contributed by atoms with Crippen molar-refractivity contribution in [2.24, 2.45) is 0 Å². The van der Waals surface area contributed by atoms with Crippen LogP contribution in [0.25, 0.3) is 16.6 Å². The van der Waals surface area contributed by atoms with Crippen molar-refractivity contribution in [3.63, 3.8) is 0 Å². The molecule has 2 aromatic carbocycles. The van der Waals surface area contributed by atoms with Crippen LogP contribution >= 0.6 is 12.4 Å². The Morgan fingerprint density at radius 1 is 1.00 bits per heavy atom. The van der Waals surface area contributed by atoms with Gasteiger partial charge in [0.15, 0.2) is 5.82 Å². The summed E-state index contributed by atoms with van der Waals surface area (Å²) in [6.45, 7) is 3.99. The lowest BCUT2D eigenvalue weighted by Gasteiger charge is -2.27. The zero-order valence-corrected chi connectivity index (χ0v) is 14.4. The first kappa shape index (κ1) is 16.6. The number of nitrogens with one attached hydrogen (secondary N) is 1. The number of hydrogen-bond acceptors (Lipinski definition) is 4. The predicted molar refractivity (Wildman–Crippen MR) is 100.0 cm³/mol. The van der Waals surface area contributed by atoms with Gasteiger partial charge in [-0.1, -0.05) is 12.1 Å². The Morgan fingerprint density at radius 2 is 1.71 bits per heavy atom. The number of piperazine rings is 1. The van der Waals surface area contributed by atoms with Crippen molar-refractivity contribution in [2.75, 3.05) is 38.2 Å². The van der Waals surface area contributed by atoms with E-state index in [2.05, 4.69) is 34.5 Å². The summed E-state index contributed by atoms with van der Waals surface area (Å²) in [5.41, 5.74) is 2.18. The molecule has 0 atom stereocenters. The van der Waals surface area contributed by atoms with Crippen LogP contribution in [-0.2, 0) is 0 Å². The van der Waals surface area contributed by atoms with Crippen molar-refractivity contribution >= 4 is 29.1 Å². The summed E-state index contributed by atoms with van der Waals surface area (Å²) in [4.78, 5) is 2.36. The molecular formula is C18H21ClN4O. The molecular weight excluding hydrogens is 324 g/mol. The molecule has 0 amide bonds. The molecule has 1 fully saturated rings. The van der Waals surface area contributed by atoms with Gasteiger partial charge in [-0.05, 0) is 36.4 Å². The fraction of sp³-hybridized carbons (Fsp3) is 0.278. The van der Waals surface area contributed by atoms with E-state index < -0.39 is 0 Å². The molecule has 0 unspecified atom stereocenters. The summed E-state index contributed by atoms with van der Waals surface area (Å²) >= 11 is 0. The molecule has 1 aromatic heterocycles. The van der Waals surface area contributed by atoms with E-state index in [1.165, 1.54) is 5.39 Å². The van der Waals surface area contributed by atoms with Crippen LogP contribution in [0.5, 0.6) is 5.75 Å². The molecule has 1 aliphatic heterocycles. The molecule has 0 aliphatic carbocycles. The van der Waals surface area contributed by atoms with E-state index >= 15 is 0 Å². The lowest BCUT2D eigenvalue weighted by Crippen LogP contribution is -2.43. The first-order chi connectivity index (χ1) is 11.4. The molecule has 0 saturated carbocycles. The largest absolute Gasteiger partial charge is 0.497 e. The van der Waals surface area contributed by atoms with E-state index in [1.807, 2.05) is 28.9 Å². The van der Waals surface area contributed by atoms with Crippen LogP contribution in [0.2, 0.25) is 0 Å². The quantitative estimate of drug-likeness (QED) is 0.793. The van der Waals surface area contributed by atoms with Gasteiger partial charge in [0, 0.05) is 31.6 Å². The smallest absolute Gasteiger partial charge is 0.159 e. The number of para-hydroxylation sites is 1. The third-order valence-corrected chi connectivity index (χ3v) is 4.30. The van der Waals surface area contributed by atoms with Gasteiger partial charge in [-0.25, -0.2) is 4.68 Å². The van der Waals surface area contributed by atoms with Crippen molar-refractivity contribution in [2.45, 2.75) is 0 Å². The van der Waals surface area contributed by atoms with E-state index in [0.717, 1.165) is 49.0 Å². The monoisotopic (exact) mass is 344 g/mol. The van der Waals surface area contributed by atoms with Gasteiger partial charge in [0.1, 0.15) is 5.75 Å². The van der Waals surface area contributed by atoms with Gasteiger partial charge in [-0.3, -0.25) is 0 Å². The Kier molecular flexibility index (Phi) is 4.92. The van der Waals surface area contributed by atoms with Gasteiger partial charge in [-0.15, -0.1) is 17.5 Å². The average Bonchev–Trinajstić information content (AvgIpc) is 3.02. The van der Waals surface area contributed by atoms with Crippen LogP contribution in [0.3, 0.4) is 0 Å². The average molecular weight is 345 g/mol. The van der Waals surface area contributed by atoms with Crippen LogP contribution in [-0.4, -0.2) is 43.1 Å². The maximum Gasteiger partial charge on any atom is 0.159 e. The van der Waals surface area contributed by atoms with Crippen molar-refractivity contribution in [3.8, 4) is 11.4 Å². The highest BCUT2D eigenvalue weighted by atomic mass is 35.5. The molecule has 0 spiro atoms. The molecule has 3 aromatic rings. The number of hydrogen-bond donors (Lipinski definition) is 1. The van der Waals surface area contributed by atoms with Crippen molar-refractivity contribution < 1.29 is 4.74 Å². The highest BCUT2D eigenvalue weighted by Crippen LogP contribution is 2.29. The van der Waals surface area contributed by atoms with E-state index in [-0.39, 0.29) is 12.4 Å². The molecule has 1 saturated heterocycles. The lowest BCUT2D eigenvalue weighted by atomic mass is 10.2. The standard InChI is InChI=1S/C18H20N4O.ClH/c1-23-15-8-6-14(7-9-15)22-17-5-3-2-4-16(17)18(20-22)21-12-10-19-11-13-21;/h2-9,19H,10-13H2,1H3;1H. The van der Waals surface area contributed by atoms with Gasteiger partial charge in [0.2, 0.25) is 0 Å². The fourth-order valence-corrected chi connectivity index (χ4v) is 3.08. The lowest BCUT2D eigenvalue weighted by molar-refractivity contribution is 0.414. The van der Waals surface area contributed by atoms with Gasteiger partial charge >= 0.3 is 0 Å². The third kappa shape index (κ3) is 2.92. The minimum atomic E-state index is 0. The fourth-order valence-electron chi connectivity index (χ4n) is 3.08. The zero-order chi connectivity index (χ0) is 15.6. The van der Waals surface area contributed by atoms with Gasteiger partial charge in [0.25, 0.3) is 0 Å². The second-order valence-corrected chi connectivity index (χ2v) is 5.69. The molecule has 2 heterocycles. The Labute approximate surface area is 147 Å². The summed E-state index contributed by atoms with van der Waals surface area (Å²) in [7, 11) is 1.68. The molecule has 0 bridgehead atoms. The molecule has 0 radical (unpaired) electrons. The van der Waals surface area contributed by atoms with Crippen LogP contribution in [0.15, 0.2) is 48.5 Å². The maximum atomic E-state index is 5.25. The van der Waals surface area contributed by atoms with E-state index in [1.54, 1.807) is 7.11 Å². The number of methoxy groups -OCH3 is 1. The number of aromatic nitrogens is 2. The third-order valence-electron chi connectivity index (χ3n) is 4.30. The highest BCUT2D eigenvalue weighted by molar-refractivity contribution is 5.91. The number of ether oxygens (including phenoxy) is 1. The van der Waals surface area contributed by atoms with Crippen LogP contribution < -0.4 is 15.0 Å². The first-order valence-corrected chi connectivity index (χ1v) is 7.95. The zero-order valence-electron chi connectivity index (χ0n) is 13.6. The molecule has 1 N–H and O–H groups in total. The van der Waals surface area contributed by atoms with Crippen LogP contribution in [0.4, 0.5) is 5.82 Å². The second-order valence-electron chi connectivity index (χ2n) is 5.69. The first-order valence-electron chi connectivity index (χ1n) is 7.95. The number of fused-ring (bicyclic) bond motifs is 1. The Hall–Kier alpha value is -2.24. The summed E-state index contributed by atoms with van der Waals surface area (Å²) < 4.78 is 7.27. The van der Waals surface area contributed by atoms with Crippen LogP contribution in [0.1, 0.15) is 0 Å². The summed E-state index contributed by atoms with van der Waals surface area (Å²) in [6.07, 6.45) is 0. The topological polar surface area (TPSA) is 42.3 Å². The maximum absolute atomic E-state index is 5.25. The number of rotatable bonds is 3. The van der Waals surface area contributed by atoms with E-state index in [0.29, 0.717) is 0 Å². The van der Waals surface area contributed by atoms with Crippen LogP contribution in [0, 0.1) is 0 Å². The molecule has 6 heteroatoms. The normalized spacial score (nSPS) is 14.5. The minimum Gasteiger partial charge on any atom is -0.497 e. The minimum absolute atomic E-state index is 0. The Bertz CT molecular complexity index is 810. The SMILES string of the molecule is COc1ccc(-n2nc(N3CCNCC3)c3ccccc32)cc1.Cl. The Balaban J connectivity index is 0.00000169. The summed E-state index contributed by atoms with van der Waals surface area (Å²) in [5, 5.41) is 9.51. The number of nitrogens with zero attached hydrogens (tertiary/aromatic N) is 3. The highest BCUT2D eigenvalue weighted by Gasteiger charge is 2.18. The molecule has 5 nitrogen and oxygen atoms in total. The molecule has 1 aliphatic rings. The number of anilines is 1. The van der Waals surface area contributed by atoms with Crippen molar-refractivity contribution in [3.05, 3.63) is 48.5 Å². The van der Waals surface area contributed by atoms with E-state index in [4.69, 9.17) is 9.84 Å². The van der Waals surface area contributed by atoms with Gasteiger partial charge in [-0.2, -0.15) is 0 Å². The number of halogens is 1. The predicted octanol–water partition coefficient (Wildman–Crippen LogP) is 2.87. The summed E-state index contributed by atoms with van der Waals surface area (Å²) in [5.74, 6) is 1.92.